The fraction of sp³-hybridized carbons (Fsp3) is 0.167. The van der Waals surface area contributed by atoms with Crippen LogP contribution >= 0.6 is 0 Å². The number of hydrogen-bond donors (Lipinski definition) is 2. The predicted molar refractivity (Wildman–Crippen MR) is 90.4 cm³/mol. The van der Waals surface area contributed by atoms with Crippen LogP contribution in [0.5, 0.6) is 0 Å². The van der Waals surface area contributed by atoms with Crippen LogP contribution < -0.4 is 0 Å². The minimum atomic E-state index is -1.26. The molecule has 6 nitrogen and oxygen atoms in total. The highest BCUT2D eigenvalue weighted by Gasteiger charge is 2.12. The van der Waals surface area contributed by atoms with Gasteiger partial charge in [0.05, 0.1) is 18.0 Å². The van der Waals surface area contributed by atoms with Gasteiger partial charge < -0.3 is 14.8 Å². The SMILES string of the molecule is O=C(O)/C=C/C(=O)O.c1ccc(CC2=NCCn3cccc32)cc1. The first-order chi connectivity index (χ1) is 11.6. The number of benzene rings is 1. The molecule has 0 fully saturated rings. The van der Waals surface area contributed by atoms with Gasteiger partial charge in [0.25, 0.3) is 0 Å². The van der Waals surface area contributed by atoms with Crippen molar-refractivity contribution in [1.29, 1.82) is 0 Å². The van der Waals surface area contributed by atoms with Gasteiger partial charge in [-0.3, -0.25) is 4.99 Å². The van der Waals surface area contributed by atoms with Gasteiger partial charge in [-0.25, -0.2) is 9.59 Å². The molecule has 0 amide bonds. The molecule has 24 heavy (non-hydrogen) atoms. The highest BCUT2D eigenvalue weighted by molar-refractivity contribution is 6.01. The average molecular weight is 326 g/mol. The number of rotatable bonds is 4. The van der Waals surface area contributed by atoms with E-state index in [1.54, 1.807) is 0 Å². The van der Waals surface area contributed by atoms with Crippen LogP contribution in [0.4, 0.5) is 0 Å². The van der Waals surface area contributed by atoms with Gasteiger partial charge in [0.1, 0.15) is 0 Å². The van der Waals surface area contributed by atoms with Crippen LogP contribution in [0.3, 0.4) is 0 Å². The Kier molecular flexibility index (Phi) is 6.08. The zero-order valence-corrected chi connectivity index (χ0v) is 13.0. The molecular weight excluding hydrogens is 308 g/mol. The van der Waals surface area contributed by atoms with Crippen molar-refractivity contribution in [3.05, 3.63) is 72.1 Å². The minimum Gasteiger partial charge on any atom is -0.478 e. The molecule has 0 spiro atoms. The second-order valence-electron chi connectivity index (χ2n) is 5.09. The Bertz CT molecular complexity index is 744. The summed E-state index contributed by atoms with van der Waals surface area (Å²) in [5, 5.41) is 15.6. The molecule has 1 aromatic carbocycles. The maximum Gasteiger partial charge on any atom is 0.328 e. The maximum absolute atomic E-state index is 9.55. The van der Waals surface area contributed by atoms with E-state index in [1.807, 2.05) is 0 Å². The summed E-state index contributed by atoms with van der Waals surface area (Å²) in [7, 11) is 0. The third-order valence-corrected chi connectivity index (χ3v) is 3.35. The summed E-state index contributed by atoms with van der Waals surface area (Å²) < 4.78 is 2.28. The molecule has 0 aliphatic carbocycles. The molecule has 1 aliphatic heterocycles. The Morgan fingerprint density at radius 1 is 1.04 bits per heavy atom. The number of aliphatic carboxylic acids is 2. The molecule has 0 radical (unpaired) electrons. The molecule has 124 valence electrons. The van der Waals surface area contributed by atoms with E-state index >= 15 is 0 Å². The lowest BCUT2D eigenvalue weighted by Crippen LogP contribution is -2.19. The quantitative estimate of drug-likeness (QED) is 0.843. The minimum absolute atomic E-state index is 0.558. The van der Waals surface area contributed by atoms with E-state index in [-0.39, 0.29) is 0 Å². The third-order valence-electron chi connectivity index (χ3n) is 3.35. The van der Waals surface area contributed by atoms with Gasteiger partial charge in [0.2, 0.25) is 0 Å². The van der Waals surface area contributed by atoms with Crippen LogP contribution in [0.25, 0.3) is 0 Å². The number of hydrogen-bond acceptors (Lipinski definition) is 3. The van der Waals surface area contributed by atoms with Crippen molar-refractivity contribution in [2.75, 3.05) is 6.54 Å². The summed E-state index contributed by atoms with van der Waals surface area (Å²) in [4.78, 5) is 23.7. The Labute approximate surface area is 139 Å². The van der Waals surface area contributed by atoms with Crippen molar-refractivity contribution in [3.63, 3.8) is 0 Å². The molecule has 2 N–H and O–H groups in total. The molecule has 1 aliphatic rings. The summed E-state index contributed by atoms with van der Waals surface area (Å²) in [6.07, 6.45) is 4.19. The highest BCUT2D eigenvalue weighted by atomic mass is 16.4. The lowest BCUT2D eigenvalue weighted by molar-refractivity contribution is -0.134. The number of aromatic nitrogens is 1. The second kappa shape index (κ2) is 8.47. The van der Waals surface area contributed by atoms with E-state index in [9.17, 15) is 9.59 Å². The Balaban J connectivity index is 0.000000224. The number of carbonyl (C=O) groups is 2. The molecule has 0 unspecified atom stereocenters. The van der Waals surface area contributed by atoms with Crippen molar-refractivity contribution >= 4 is 17.7 Å². The Morgan fingerprint density at radius 3 is 2.33 bits per heavy atom. The topological polar surface area (TPSA) is 91.9 Å². The largest absolute Gasteiger partial charge is 0.478 e. The predicted octanol–water partition coefficient (Wildman–Crippen LogP) is 2.25. The Morgan fingerprint density at radius 2 is 1.71 bits per heavy atom. The maximum atomic E-state index is 9.55. The van der Waals surface area contributed by atoms with Gasteiger partial charge in [-0.15, -0.1) is 0 Å². The summed E-state index contributed by atoms with van der Waals surface area (Å²) in [5.41, 5.74) is 3.81. The van der Waals surface area contributed by atoms with Crippen LogP contribution in [-0.4, -0.2) is 39.0 Å². The zero-order chi connectivity index (χ0) is 17.4. The molecule has 2 aromatic rings. The molecule has 2 heterocycles. The summed E-state index contributed by atoms with van der Waals surface area (Å²) >= 11 is 0. The van der Waals surface area contributed by atoms with Gasteiger partial charge in [0.15, 0.2) is 0 Å². The fourth-order valence-electron chi connectivity index (χ4n) is 2.32. The molecule has 0 atom stereocenters. The standard InChI is InChI=1S/C14H14N2.C4H4O4/c1-2-5-12(6-3-1)11-13-14-7-4-9-16(14)10-8-15-13;5-3(6)1-2-4(7)8/h1-7,9H,8,10-11H2;1-2H,(H,5,6)(H,7,8)/b;2-1+. The molecular formula is C18H18N2O4. The van der Waals surface area contributed by atoms with Crippen molar-refractivity contribution < 1.29 is 19.8 Å². The smallest absolute Gasteiger partial charge is 0.328 e. The van der Waals surface area contributed by atoms with Crippen LogP contribution in [0, 0.1) is 0 Å². The second-order valence-corrected chi connectivity index (χ2v) is 5.09. The first-order valence-corrected chi connectivity index (χ1v) is 7.43. The van der Waals surface area contributed by atoms with E-state index in [0.29, 0.717) is 12.2 Å². The molecule has 0 saturated carbocycles. The van der Waals surface area contributed by atoms with Crippen LogP contribution in [0.1, 0.15) is 11.3 Å². The fourth-order valence-corrected chi connectivity index (χ4v) is 2.32. The third kappa shape index (κ3) is 5.24. The Hall–Kier alpha value is -3.15. The lowest BCUT2D eigenvalue weighted by atomic mass is 10.1. The van der Waals surface area contributed by atoms with Crippen molar-refractivity contribution in [2.45, 2.75) is 13.0 Å². The van der Waals surface area contributed by atoms with Gasteiger partial charge >= 0.3 is 11.9 Å². The summed E-state index contributed by atoms with van der Waals surface area (Å²) in [6, 6.07) is 14.8. The number of carboxylic acids is 2. The van der Waals surface area contributed by atoms with Crippen molar-refractivity contribution in [3.8, 4) is 0 Å². The lowest BCUT2D eigenvalue weighted by Gasteiger charge is -2.16. The van der Waals surface area contributed by atoms with Crippen molar-refractivity contribution in [2.24, 2.45) is 4.99 Å². The van der Waals surface area contributed by atoms with E-state index in [4.69, 9.17) is 10.2 Å². The van der Waals surface area contributed by atoms with Crippen LogP contribution in [0.2, 0.25) is 0 Å². The molecule has 6 heteroatoms. The van der Waals surface area contributed by atoms with Crippen molar-refractivity contribution in [1.82, 2.24) is 4.57 Å². The van der Waals surface area contributed by atoms with E-state index in [0.717, 1.165) is 19.5 Å². The van der Waals surface area contributed by atoms with Gasteiger partial charge in [-0.2, -0.15) is 0 Å². The average Bonchev–Trinajstić information content (AvgIpc) is 3.04. The molecule has 1 aromatic heterocycles. The number of carboxylic acid groups (broad SMARTS) is 2. The molecule has 0 saturated heterocycles. The van der Waals surface area contributed by atoms with E-state index in [2.05, 4.69) is 58.2 Å². The first-order valence-electron chi connectivity index (χ1n) is 7.43. The van der Waals surface area contributed by atoms with Gasteiger partial charge in [0, 0.05) is 31.3 Å². The van der Waals surface area contributed by atoms with E-state index in [1.165, 1.54) is 17.0 Å². The highest BCUT2D eigenvalue weighted by Crippen LogP contribution is 2.13. The van der Waals surface area contributed by atoms with Crippen LogP contribution in [-0.2, 0) is 22.6 Å². The number of aliphatic imine (C=N–C) groups is 1. The normalized spacial score (nSPS) is 12.8. The summed E-state index contributed by atoms with van der Waals surface area (Å²) in [5.74, 6) is -2.51. The molecule has 3 rings (SSSR count). The number of nitrogens with zero attached hydrogens (tertiary/aromatic N) is 2. The zero-order valence-electron chi connectivity index (χ0n) is 13.0. The van der Waals surface area contributed by atoms with Crippen LogP contribution in [0.15, 0.2) is 65.8 Å². The monoisotopic (exact) mass is 326 g/mol. The molecule has 0 bridgehead atoms. The number of fused-ring (bicyclic) bond motifs is 1. The first kappa shape index (κ1) is 17.2. The van der Waals surface area contributed by atoms with Gasteiger partial charge in [-0.05, 0) is 17.7 Å². The van der Waals surface area contributed by atoms with E-state index < -0.39 is 11.9 Å². The van der Waals surface area contributed by atoms with Gasteiger partial charge in [-0.1, -0.05) is 30.3 Å². The summed E-state index contributed by atoms with van der Waals surface area (Å²) in [6.45, 7) is 1.92.